The zero-order chi connectivity index (χ0) is 16.5. The van der Waals surface area contributed by atoms with Gasteiger partial charge >= 0.3 is 6.03 Å². The summed E-state index contributed by atoms with van der Waals surface area (Å²) in [6.45, 7) is 4.69. The summed E-state index contributed by atoms with van der Waals surface area (Å²) in [5.41, 5.74) is 0.467. The lowest BCUT2D eigenvalue weighted by atomic mass is 10.3. The van der Waals surface area contributed by atoms with Gasteiger partial charge in [0.05, 0.1) is 13.2 Å². The van der Waals surface area contributed by atoms with Gasteiger partial charge in [-0.2, -0.15) is 0 Å². The Hall–Kier alpha value is -2.13. The molecular weight excluding hydrogens is 330 g/mol. The van der Waals surface area contributed by atoms with Crippen molar-refractivity contribution >= 4 is 28.2 Å². The Kier molecular flexibility index (Phi) is 4.11. The van der Waals surface area contributed by atoms with E-state index in [2.05, 4.69) is 4.98 Å². The minimum atomic E-state index is -0.0654. The number of carbonyl (C=O) groups is 2. The Bertz CT molecular complexity index is 715. The molecule has 4 rings (SSSR count). The summed E-state index contributed by atoms with van der Waals surface area (Å²) < 4.78 is 7.14. The van der Waals surface area contributed by atoms with Crippen LogP contribution < -0.4 is 0 Å². The third-order valence-electron chi connectivity index (χ3n) is 4.43. The van der Waals surface area contributed by atoms with Gasteiger partial charge in [0.25, 0.3) is 5.91 Å². The number of imidazole rings is 1. The number of thiazole rings is 1. The molecule has 0 aromatic carbocycles. The largest absolute Gasteiger partial charge is 0.378 e. The van der Waals surface area contributed by atoms with Gasteiger partial charge in [-0.05, 0) is 0 Å². The highest BCUT2D eigenvalue weighted by atomic mass is 32.1. The molecule has 128 valence electrons. The molecule has 24 heavy (non-hydrogen) atoms. The van der Waals surface area contributed by atoms with Crippen molar-refractivity contribution < 1.29 is 14.3 Å². The molecule has 2 fully saturated rings. The maximum absolute atomic E-state index is 12.6. The molecule has 9 heteroatoms. The van der Waals surface area contributed by atoms with Gasteiger partial charge in [0, 0.05) is 57.0 Å². The fraction of sp³-hybridized carbons (Fsp3) is 0.533. The molecule has 0 atom stereocenters. The van der Waals surface area contributed by atoms with Crippen molar-refractivity contribution in [3.8, 4) is 0 Å². The second-order valence-corrected chi connectivity index (χ2v) is 6.75. The number of carbonyl (C=O) groups excluding carboxylic acids is 2. The van der Waals surface area contributed by atoms with Gasteiger partial charge in [0.15, 0.2) is 4.96 Å². The van der Waals surface area contributed by atoms with Crippen LogP contribution in [-0.4, -0.2) is 88.5 Å². The van der Waals surface area contributed by atoms with E-state index in [0.29, 0.717) is 58.2 Å². The quantitative estimate of drug-likeness (QED) is 0.756. The van der Waals surface area contributed by atoms with Gasteiger partial charge in [-0.3, -0.25) is 9.20 Å². The van der Waals surface area contributed by atoms with E-state index in [1.54, 1.807) is 11.1 Å². The van der Waals surface area contributed by atoms with E-state index < -0.39 is 0 Å². The average molecular weight is 349 g/mol. The summed E-state index contributed by atoms with van der Waals surface area (Å²) in [6.07, 6.45) is 3.65. The van der Waals surface area contributed by atoms with Crippen molar-refractivity contribution in [2.45, 2.75) is 0 Å². The van der Waals surface area contributed by atoms with Gasteiger partial charge in [-0.1, -0.05) is 0 Å². The minimum Gasteiger partial charge on any atom is -0.378 e. The van der Waals surface area contributed by atoms with Crippen LogP contribution in [0.25, 0.3) is 4.96 Å². The molecule has 2 aliphatic heterocycles. The number of hydrogen-bond donors (Lipinski definition) is 0. The average Bonchev–Trinajstić information content (AvgIpc) is 3.23. The summed E-state index contributed by atoms with van der Waals surface area (Å²) in [7, 11) is 0. The van der Waals surface area contributed by atoms with Crippen LogP contribution in [-0.2, 0) is 4.74 Å². The van der Waals surface area contributed by atoms with Crippen LogP contribution in [0, 0.1) is 0 Å². The van der Waals surface area contributed by atoms with E-state index in [1.807, 2.05) is 25.8 Å². The fourth-order valence-electron chi connectivity index (χ4n) is 3.05. The standard InChI is InChI=1S/C15H19N5O3S/c21-13(12-11-20-7-10-24-14(20)16-12)17-1-3-18(4-2-17)15(22)19-5-8-23-9-6-19/h7,10-11H,1-6,8-9H2. The zero-order valence-corrected chi connectivity index (χ0v) is 14.1. The number of nitrogens with zero attached hydrogens (tertiary/aromatic N) is 5. The van der Waals surface area contributed by atoms with Gasteiger partial charge in [-0.25, -0.2) is 9.78 Å². The highest BCUT2D eigenvalue weighted by Gasteiger charge is 2.29. The molecule has 8 nitrogen and oxygen atoms in total. The monoisotopic (exact) mass is 349 g/mol. The van der Waals surface area contributed by atoms with E-state index in [-0.39, 0.29) is 11.9 Å². The maximum atomic E-state index is 12.6. The number of amides is 3. The number of urea groups is 1. The molecule has 0 spiro atoms. The van der Waals surface area contributed by atoms with Crippen molar-refractivity contribution in [1.29, 1.82) is 0 Å². The predicted octanol–water partition coefficient (Wildman–Crippen LogP) is 0.606. The Morgan fingerprint density at radius 2 is 1.67 bits per heavy atom. The first-order valence-corrected chi connectivity index (χ1v) is 8.93. The molecule has 3 amide bonds. The molecule has 2 saturated heterocycles. The Balaban J connectivity index is 1.36. The van der Waals surface area contributed by atoms with Gasteiger partial charge in [-0.15, -0.1) is 11.3 Å². The molecule has 2 aromatic rings. The second kappa shape index (κ2) is 6.40. The lowest BCUT2D eigenvalue weighted by molar-refractivity contribution is 0.0362. The topological polar surface area (TPSA) is 70.4 Å². The molecule has 4 heterocycles. The highest BCUT2D eigenvalue weighted by Crippen LogP contribution is 2.15. The zero-order valence-electron chi connectivity index (χ0n) is 13.3. The first kappa shape index (κ1) is 15.4. The summed E-state index contributed by atoms with van der Waals surface area (Å²) in [5, 5.41) is 1.94. The van der Waals surface area contributed by atoms with Crippen molar-refractivity contribution in [2.24, 2.45) is 0 Å². The summed E-state index contributed by atoms with van der Waals surface area (Å²) in [6, 6.07) is 0.0490. The predicted molar refractivity (Wildman–Crippen MR) is 88.3 cm³/mol. The molecule has 2 aromatic heterocycles. The summed E-state index contributed by atoms with van der Waals surface area (Å²) >= 11 is 1.50. The van der Waals surface area contributed by atoms with Crippen molar-refractivity contribution in [3.05, 3.63) is 23.5 Å². The summed E-state index contributed by atoms with van der Waals surface area (Å²) in [5.74, 6) is -0.0654. The number of morpholine rings is 1. The van der Waals surface area contributed by atoms with E-state index in [4.69, 9.17) is 4.74 Å². The van der Waals surface area contributed by atoms with Crippen molar-refractivity contribution in [1.82, 2.24) is 24.1 Å². The third-order valence-corrected chi connectivity index (χ3v) is 5.20. The van der Waals surface area contributed by atoms with Gasteiger partial charge in [0.1, 0.15) is 5.69 Å². The van der Waals surface area contributed by atoms with Crippen molar-refractivity contribution in [2.75, 3.05) is 52.5 Å². The minimum absolute atomic E-state index is 0.0490. The smallest absolute Gasteiger partial charge is 0.320 e. The molecule has 0 aliphatic carbocycles. The number of rotatable bonds is 1. The number of fused-ring (bicyclic) bond motifs is 1. The SMILES string of the molecule is O=C(c1cn2ccsc2n1)N1CCN(C(=O)N2CCOCC2)CC1. The van der Waals surface area contributed by atoms with Crippen LogP contribution in [0.2, 0.25) is 0 Å². The molecule has 0 radical (unpaired) electrons. The normalized spacial score (nSPS) is 19.1. The first-order chi connectivity index (χ1) is 11.7. The summed E-state index contributed by atoms with van der Waals surface area (Å²) in [4.78, 5) is 35.6. The van der Waals surface area contributed by atoms with E-state index in [0.717, 1.165) is 4.96 Å². The highest BCUT2D eigenvalue weighted by molar-refractivity contribution is 7.15. The molecule has 0 saturated carbocycles. The lowest BCUT2D eigenvalue weighted by Gasteiger charge is -2.38. The maximum Gasteiger partial charge on any atom is 0.320 e. The molecule has 0 unspecified atom stereocenters. The lowest BCUT2D eigenvalue weighted by Crippen LogP contribution is -2.55. The molecule has 2 aliphatic rings. The third kappa shape index (κ3) is 2.84. The van der Waals surface area contributed by atoms with Crippen LogP contribution in [0.5, 0.6) is 0 Å². The Labute approximate surface area is 143 Å². The molecule has 0 bridgehead atoms. The number of hydrogen-bond acceptors (Lipinski definition) is 5. The van der Waals surface area contributed by atoms with E-state index in [1.165, 1.54) is 11.3 Å². The Morgan fingerprint density at radius 3 is 2.38 bits per heavy atom. The van der Waals surface area contributed by atoms with Gasteiger partial charge in [0.2, 0.25) is 0 Å². The molecule has 0 N–H and O–H groups in total. The molecular formula is C15H19N5O3S. The van der Waals surface area contributed by atoms with Gasteiger partial charge < -0.3 is 19.4 Å². The second-order valence-electron chi connectivity index (χ2n) is 5.88. The van der Waals surface area contributed by atoms with Crippen LogP contribution in [0.4, 0.5) is 4.79 Å². The number of piperazine rings is 1. The van der Waals surface area contributed by atoms with Crippen LogP contribution >= 0.6 is 11.3 Å². The fourth-order valence-corrected chi connectivity index (χ4v) is 3.75. The van der Waals surface area contributed by atoms with Crippen LogP contribution in [0.3, 0.4) is 0 Å². The van der Waals surface area contributed by atoms with E-state index >= 15 is 0 Å². The first-order valence-electron chi connectivity index (χ1n) is 8.05. The van der Waals surface area contributed by atoms with Crippen LogP contribution in [0.1, 0.15) is 10.5 Å². The van der Waals surface area contributed by atoms with Crippen LogP contribution in [0.15, 0.2) is 17.8 Å². The van der Waals surface area contributed by atoms with Crippen molar-refractivity contribution in [3.63, 3.8) is 0 Å². The number of aromatic nitrogens is 2. The van der Waals surface area contributed by atoms with E-state index in [9.17, 15) is 9.59 Å². The Morgan fingerprint density at radius 1 is 1.00 bits per heavy atom. The number of ether oxygens (including phenoxy) is 1.